The molecule has 12 aliphatic rings. The van der Waals surface area contributed by atoms with E-state index >= 15 is 0 Å². The van der Waals surface area contributed by atoms with Crippen LogP contribution in [0, 0.1) is 84.9 Å². The van der Waals surface area contributed by atoms with Gasteiger partial charge >= 0.3 is 83.3 Å². The van der Waals surface area contributed by atoms with Crippen molar-refractivity contribution < 1.29 is 130 Å². The van der Waals surface area contributed by atoms with Gasteiger partial charge in [0.15, 0.2) is 0 Å². The second-order valence-electron chi connectivity index (χ2n) is 29.0. The van der Waals surface area contributed by atoms with Crippen LogP contribution in [0.5, 0.6) is 0 Å². The zero-order valence-corrected chi connectivity index (χ0v) is 63.3. The minimum atomic E-state index is -1.49. The first-order chi connectivity index (χ1) is 53.5. The Labute approximate surface area is 642 Å². The van der Waals surface area contributed by atoms with Crippen LogP contribution in [0.15, 0.2) is 60.7 Å². The summed E-state index contributed by atoms with van der Waals surface area (Å²) in [5.74, 6) is -3.59. The molecule has 33 heteroatoms. The van der Waals surface area contributed by atoms with Gasteiger partial charge in [0.1, 0.15) is 48.8 Å². The first-order valence-electron chi connectivity index (χ1n) is 36.9. The summed E-state index contributed by atoms with van der Waals surface area (Å²) in [6.45, 7) is 13.0. The normalized spacial score (nSPS) is 25.9. The lowest BCUT2D eigenvalue weighted by Crippen LogP contribution is -2.47. The van der Waals surface area contributed by atoms with Crippen LogP contribution in [0.2, 0.25) is 0 Å². The Kier molecular flexibility index (Phi) is 26.5. The van der Waals surface area contributed by atoms with Crippen LogP contribution in [-0.2, 0) is 122 Å². The van der Waals surface area contributed by atoms with Gasteiger partial charge in [-0.05, 0) is 174 Å². The Morgan fingerprint density at radius 2 is 0.875 bits per heavy atom. The van der Waals surface area contributed by atoms with Gasteiger partial charge < -0.3 is 82.8 Å². The molecule has 4 aromatic rings. The van der Waals surface area contributed by atoms with E-state index in [1.54, 1.807) is 32.3 Å². The summed E-state index contributed by atoms with van der Waals surface area (Å²) in [6, 6.07) is 17.3. The van der Waals surface area contributed by atoms with Gasteiger partial charge in [0.05, 0.1) is 52.8 Å². The molecule has 6 aliphatic carbocycles. The number of carboxylic acids is 3. The highest BCUT2D eigenvalue weighted by atomic mass is 16.6. The monoisotopic (exact) mass is 1550 g/mol. The van der Waals surface area contributed by atoms with Crippen LogP contribution in [0.1, 0.15) is 146 Å². The number of hydrogen-bond acceptors (Lipinski definition) is 26. The Hall–Kier alpha value is -11.4. The average molecular weight is 1560 g/mol. The van der Waals surface area contributed by atoms with Crippen molar-refractivity contribution in [2.45, 2.75) is 135 Å². The predicted octanol–water partition coefficient (Wildman–Crippen LogP) is 3.41. The molecule has 8 heterocycles. The molecule has 0 radical (unpaired) electrons. The Bertz CT molecular complexity index is 4470. The number of esters is 8. The number of likely N-dealkylation sites (tertiary alicyclic amines) is 2. The molecule has 0 unspecified atom stereocenters. The van der Waals surface area contributed by atoms with E-state index in [1.807, 2.05) is 65.2 Å². The zero-order chi connectivity index (χ0) is 81.4. The molecule has 112 heavy (non-hydrogen) atoms. The smallest absolute Gasteiger partial charge is 0.396 e. The molecule has 5 N–H and O–H groups in total. The number of carbonyl (C=O) groups is 16. The lowest BCUT2D eigenvalue weighted by atomic mass is 10.0. The highest BCUT2D eigenvalue weighted by molar-refractivity contribution is 6.42. The number of carboxylic acid groups (broad SMARTS) is 3. The van der Waals surface area contributed by atoms with E-state index in [0.29, 0.717) is 102 Å². The molecule has 2 aromatic heterocycles. The minimum absolute atomic E-state index is 0.0242. The van der Waals surface area contributed by atoms with Crippen molar-refractivity contribution in [3.05, 3.63) is 117 Å². The highest BCUT2D eigenvalue weighted by Gasteiger charge is 2.60. The third-order valence-electron chi connectivity index (χ3n) is 22.1. The van der Waals surface area contributed by atoms with Crippen LogP contribution in [0.4, 0.5) is 0 Å². The van der Waals surface area contributed by atoms with E-state index in [2.05, 4.69) is 36.7 Å². The standard InChI is InChI=1S/C16H17NO5.C15H17NO5.C13H13NO5.C13H15NO2.C9H11NO5.C7H8O3.C6H9NO2/c1-21-16(20)14(18)17-8-11-7-12(11)13(17)15(19)22-9-10-5-3-2-4-6-10;1-4-21-15(19)13(17)10-7(2)11(14(18)20-3)16-6-8-5-9(8)12(10)16;1-5-8(11(15)12(16)17)10-7-3-6(7)4-14(10)9(5)13(18)19-2;15-13(12-11-6-10(11)7-14-12)16-8-9-4-2-1-3-5-9;1-15-9(14)7(11)10-3-4-2-5(4)6(10)8(12)13;1-3-5-6(8)7(9)10-4-2;8-6(9)5-4-1-3(4)2-7-5/h2-6,11-13H,7-9H2,1H3;8-9H,4-6H2,1-3H3;6-7H,3-4H2,1-2H3,(H,16,17);1-5,10-12,14H,6-8H2;4-6H,2-3H2,1H3,(H,12,13);4H2,1-2H3;3-5,7H,1-2H2,(H,8,9)/t11-,12-,13+;8-,9-;6-,7-;10-,11-,12+;4-,5-,6+;;3-,4-,5+/m01100.0/s1. The Morgan fingerprint density at radius 3 is 1.26 bits per heavy atom. The molecule has 4 saturated heterocycles. The van der Waals surface area contributed by atoms with Crippen molar-refractivity contribution in [1.82, 2.24) is 29.6 Å². The molecule has 0 bridgehead atoms. The van der Waals surface area contributed by atoms with Crippen LogP contribution in [0.25, 0.3) is 0 Å². The molecule has 16 atom stereocenters. The third-order valence-corrected chi connectivity index (χ3v) is 22.1. The van der Waals surface area contributed by atoms with Crippen LogP contribution in [-0.4, -0.2) is 221 Å². The number of carbonyl (C=O) groups excluding carboxylic acids is 13. The minimum Gasteiger partial charge on any atom is -0.480 e. The summed E-state index contributed by atoms with van der Waals surface area (Å²) in [7, 11) is 4.84. The highest BCUT2D eigenvalue weighted by Crippen LogP contribution is 2.58. The molecular formula is C79H90N6O27. The quantitative estimate of drug-likeness (QED) is 0.0252. The number of rotatable bonds is 17. The number of amides is 2. The summed E-state index contributed by atoms with van der Waals surface area (Å²) in [5, 5.41) is 32.6. The average Bonchev–Trinajstić information content (AvgIpc) is 1.54. The van der Waals surface area contributed by atoms with Crippen LogP contribution < -0.4 is 10.6 Å². The van der Waals surface area contributed by atoms with Crippen molar-refractivity contribution in [2.24, 2.45) is 59.2 Å². The number of nitrogens with zero attached hydrogens (tertiary/aromatic N) is 4. The maximum Gasteiger partial charge on any atom is 0.396 e. The summed E-state index contributed by atoms with van der Waals surface area (Å²) in [5.41, 5.74) is 5.57. The van der Waals surface area contributed by atoms with Crippen LogP contribution in [0.3, 0.4) is 0 Å². The molecular weight excluding hydrogens is 1460 g/mol. The number of methoxy groups -OCH3 is 4. The second kappa shape index (κ2) is 35.7. The number of nitrogens with one attached hydrogen (secondary N) is 2. The van der Waals surface area contributed by atoms with Gasteiger partial charge in [0.2, 0.25) is 0 Å². The largest absolute Gasteiger partial charge is 0.480 e. The fourth-order valence-electron chi connectivity index (χ4n) is 16.0. The van der Waals surface area contributed by atoms with E-state index < -0.39 is 101 Å². The van der Waals surface area contributed by atoms with Crippen molar-refractivity contribution in [3.8, 4) is 11.8 Å². The van der Waals surface area contributed by atoms with Crippen molar-refractivity contribution >= 4 is 94.8 Å². The number of aromatic nitrogens is 2. The molecule has 16 rings (SSSR count). The third kappa shape index (κ3) is 18.5. The Balaban J connectivity index is 0.000000141. The summed E-state index contributed by atoms with van der Waals surface area (Å²) in [4.78, 5) is 185. The van der Waals surface area contributed by atoms with E-state index in [-0.39, 0.29) is 73.0 Å². The van der Waals surface area contributed by atoms with Gasteiger partial charge in [-0.1, -0.05) is 66.6 Å². The maximum atomic E-state index is 12.4. The molecule has 6 aliphatic heterocycles. The first-order valence-corrected chi connectivity index (χ1v) is 36.9. The second-order valence-corrected chi connectivity index (χ2v) is 29.0. The topological polar surface area (TPSA) is 448 Å². The lowest BCUT2D eigenvalue weighted by Gasteiger charge is -2.24. The molecule has 598 valence electrons. The summed E-state index contributed by atoms with van der Waals surface area (Å²) < 4.78 is 41.7. The molecule has 2 amide bonds. The molecule has 33 nitrogen and oxygen atoms in total. The van der Waals surface area contributed by atoms with Crippen LogP contribution >= 0.6 is 0 Å². The van der Waals surface area contributed by atoms with E-state index in [1.165, 1.54) is 32.5 Å². The molecule has 2 aromatic carbocycles. The number of benzene rings is 2. The fourth-order valence-corrected chi connectivity index (χ4v) is 16.0. The number of fused-ring (bicyclic) bond motifs is 10. The van der Waals surface area contributed by atoms with E-state index in [0.717, 1.165) is 87.1 Å². The number of hydrogen-bond donors (Lipinski definition) is 5. The van der Waals surface area contributed by atoms with E-state index in [4.69, 9.17) is 39.0 Å². The number of Topliss-reactive ketones (excluding diaryl/α,β-unsaturated/α-hetero) is 3. The SMILES string of the molecule is CC#CC(=O)C(=O)OCC.CCOC(=O)C(=O)c1c(C)c(C(=O)OC)n2c1[C@@H]1C[C@@H]1C2.COC(=O)C(=O)N1C[C@@H]2C[C@@H]2[C@@H]1C(=O)O.COC(=O)C(=O)N1C[C@@H]2C[C@@H]2[C@@H]1C(=O)OCc1ccccc1.COC(=O)c1c(C)c(C(=O)C(=O)O)c2n1C[C@H]1C[C@@H]21.O=C(O)[C@@H]1NC[C@@H]2C[C@@H]21.O=C(OCc1ccccc1)[C@@H]1NC[C@@H]2C[C@@H]21. The molecule has 6 saturated carbocycles. The van der Waals surface area contributed by atoms with Crippen molar-refractivity contribution in [3.63, 3.8) is 0 Å². The van der Waals surface area contributed by atoms with Crippen molar-refractivity contribution in [2.75, 3.05) is 67.8 Å². The summed E-state index contributed by atoms with van der Waals surface area (Å²) >= 11 is 0. The molecule has 10 fully saturated rings. The molecule has 0 spiro atoms. The number of ether oxygens (including phenoxy) is 8. The van der Waals surface area contributed by atoms with E-state index in [9.17, 15) is 76.7 Å². The summed E-state index contributed by atoms with van der Waals surface area (Å²) in [6.07, 6.45) is 6.02. The fraction of sp³-hybridized carbons (Fsp3) is 0.519. The predicted molar refractivity (Wildman–Crippen MR) is 383 cm³/mol. The van der Waals surface area contributed by atoms with Gasteiger partial charge in [-0.3, -0.25) is 33.6 Å². The zero-order valence-electron chi connectivity index (χ0n) is 63.3. The van der Waals surface area contributed by atoms with Gasteiger partial charge in [-0.15, -0.1) is 0 Å². The number of piperidine rings is 4. The van der Waals surface area contributed by atoms with Gasteiger partial charge in [-0.2, -0.15) is 0 Å². The Morgan fingerprint density at radius 1 is 0.455 bits per heavy atom. The van der Waals surface area contributed by atoms with Gasteiger partial charge in [0.25, 0.3) is 11.6 Å². The maximum absolute atomic E-state index is 12.4. The van der Waals surface area contributed by atoms with Crippen molar-refractivity contribution in [1.29, 1.82) is 0 Å². The number of aliphatic carboxylic acids is 3. The van der Waals surface area contributed by atoms with Gasteiger partial charge in [0, 0.05) is 49.4 Å². The number of ketones is 3. The first kappa shape index (κ1) is 83.1. The van der Waals surface area contributed by atoms with Gasteiger partial charge in [-0.25, -0.2) is 43.2 Å². The lowest BCUT2D eigenvalue weighted by molar-refractivity contribution is -0.164.